The van der Waals surface area contributed by atoms with Crippen molar-refractivity contribution >= 4 is 21.6 Å². The monoisotopic (exact) mass is 462 g/mol. The van der Waals surface area contributed by atoms with E-state index >= 15 is 0 Å². The lowest BCUT2D eigenvalue weighted by molar-refractivity contribution is 0.293. The highest BCUT2D eigenvalue weighted by Gasteiger charge is 2.38. The molecule has 1 aromatic heterocycles. The van der Waals surface area contributed by atoms with E-state index in [0.717, 1.165) is 5.69 Å². The Kier molecular flexibility index (Phi) is 5.88. The van der Waals surface area contributed by atoms with Crippen LogP contribution >= 0.6 is 11.6 Å². The maximum absolute atomic E-state index is 13.6. The molecular weight excluding hydrogens is 440 g/mol. The van der Waals surface area contributed by atoms with Crippen LogP contribution in [0.5, 0.6) is 17.2 Å². The summed E-state index contributed by atoms with van der Waals surface area (Å²) < 4.78 is 47.3. The maximum Gasteiger partial charge on any atom is 0.244 e. The van der Waals surface area contributed by atoms with Crippen molar-refractivity contribution in [2.45, 2.75) is 17.5 Å². The molecule has 0 unspecified atom stereocenters. The van der Waals surface area contributed by atoms with Gasteiger partial charge >= 0.3 is 0 Å². The van der Waals surface area contributed by atoms with Crippen molar-refractivity contribution < 1.29 is 22.6 Å². The minimum atomic E-state index is -3.80. The van der Waals surface area contributed by atoms with Crippen LogP contribution in [0, 0.1) is 0 Å². The fourth-order valence-corrected chi connectivity index (χ4v) is 5.67. The van der Waals surface area contributed by atoms with Crippen LogP contribution in [0.4, 0.5) is 0 Å². The van der Waals surface area contributed by atoms with E-state index in [1.54, 1.807) is 24.3 Å². The fourth-order valence-electron chi connectivity index (χ4n) is 3.96. The molecule has 7 nitrogen and oxygen atoms in total. The van der Waals surface area contributed by atoms with Gasteiger partial charge < -0.3 is 18.8 Å². The Bertz CT molecular complexity index is 1170. The Morgan fingerprint density at radius 2 is 1.58 bits per heavy atom. The lowest BCUT2D eigenvalue weighted by Crippen LogP contribution is -2.42. The van der Waals surface area contributed by atoms with Crippen LogP contribution in [0.15, 0.2) is 59.6 Å². The predicted octanol–water partition coefficient (Wildman–Crippen LogP) is 3.96. The predicted molar refractivity (Wildman–Crippen MR) is 118 cm³/mol. The van der Waals surface area contributed by atoms with Crippen molar-refractivity contribution in [1.82, 2.24) is 8.87 Å². The number of methoxy groups -OCH3 is 3. The molecule has 9 heteroatoms. The zero-order valence-electron chi connectivity index (χ0n) is 17.4. The zero-order valence-corrected chi connectivity index (χ0v) is 19.0. The minimum absolute atomic E-state index is 0.189. The third kappa shape index (κ3) is 3.75. The number of fused-ring (bicyclic) bond motifs is 1. The fraction of sp³-hybridized carbons (Fsp3) is 0.273. The van der Waals surface area contributed by atoms with E-state index in [1.807, 2.05) is 18.3 Å². The van der Waals surface area contributed by atoms with E-state index in [-0.39, 0.29) is 4.90 Å². The molecule has 164 valence electrons. The summed E-state index contributed by atoms with van der Waals surface area (Å²) in [4.78, 5) is 0.189. The van der Waals surface area contributed by atoms with Gasteiger partial charge in [0, 0.05) is 30.0 Å². The van der Waals surface area contributed by atoms with Crippen LogP contribution in [0.1, 0.15) is 17.3 Å². The largest absolute Gasteiger partial charge is 0.493 e. The number of nitrogens with zero attached hydrogens (tertiary/aromatic N) is 2. The van der Waals surface area contributed by atoms with Gasteiger partial charge in [0.2, 0.25) is 15.8 Å². The number of rotatable bonds is 6. The molecule has 1 aliphatic rings. The first-order valence-corrected chi connectivity index (χ1v) is 11.4. The third-order valence-electron chi connectivity index (χ3n) is 5.42. The smallest absolute Gasteiger partial charge is 0.244 e. The van der Waals surface area contributed by atoms with Crippen LogP contribution < -0.4 is 14.2 Å². The first-order valence-electron chi connectivity index (χ1n) is 9.63. The molecule has 1 aliphatic heterocycles. The van der Waals surface area contributed by atoms with Gasteiger partial charge in [0.05, 0.1) is 32.3 Å². The van der Waals surface area contributed by atoms with Crippen molar-refractivity contribution in [2.75, 3.05) is 27.9 Å². The molecule has 0 fully saturated rings. The third-order valence-corrected chi connectivity index (χ3v) is 7.55. The number of benzene rings is 2. The molecule has 0 radical (unpaired) electrons. The Morgan fingerprint density at radius 1 is 0.935 bits per heavy atom. The van der Waals surface area contributed by atoms with Gasteiger partial charge in [-0.05, 0) is 54.1 Å². The molecule has 0 amide bonds. The highest BCUT2D eigenvalue weighted by Crippen LogP contribution is 2.44. The highest BCUT2D eigenvalue weighted by atomic mass is 35.5. The van der Waals surface area contributed by atoms with Gasteiger partial charge in [0.15, 0.2) is 11.5 Å². The zero-order chi connectivity index (χ0) is 22.2. The molecule has 0 N–H and O–H groups in total. The topological polar surface area (TPSA) is 70.0 Å². The Hall–Kier alpha value is -2.68. The van der Waals surface area contributed by atoms with Gasteiger partial charge in [0.25, 0.3) is 0 Å². The second-order valence-electron chi connectivity index (χ2n) is 7.06. The summed E-state index contributed by atoms with van der Waals surface area (Å²) in [6.45, 7) is 0.865. The van der Waals surface area contributed by atoms with Crippen molar-refractivity contribution in [1.29, 1.82) is 0 Å². The second kappa shape index (κ2) is 8.45. The molecule has 2 aromatic carbocycles. The second-order valence-corrected chi connectivity index (χ2v) is 9.38. The van der Waals surface area contributed by atoms with Gasteiger partial charge in [-0.1, -0.05) is 11.6 Å². The van der Waals surface area contributed by atoms with Gasteiger partial charge in [-0.3, -0.25) is 0 Å². The SMILES string of the molecule is COc1cc([C@H]2c3cccn3CCN2S(=O)(=O)c2ccc(Cl)cc2)cc(OC)c1OC. The standard InChI is InChI=1S/C22H23ClN2O5S/c1-28-19-13-15(14-20(29-2)22(19)30-3)21-18-5-4-10-24(18)11-12-25(21)31(26,27)17-8-6-16(23)7-9-17/h4-10,13-14,21H,11-12H2,1-3H3/t21-/m0/s1. The Balaban J connectivity index is 1.90. The number of aromatic nitrogens is 1. The van der Waals surface area contributed by atoms with Crippen LogP contribution in [-0.4, -0.2) is 45.2 Å². The number of hydrogen-bond donors (Lipinski definition) is 0. The van der Waals surface area contributed by atoms with Gasteiger partial charge in [-0.2, -0.15) is 4.31 Å². The minimum Gasteiger partial charge on any atom is -0.493 e. The lowest BCUT2D eigenvalue weighted by atomic mass is 10.0. The summed E-state index contributed by atoms with van der Waals surface area (Å²) in [5, 5.41) is 0.479. The summed E-state index contributed by atoms with van der Waals surface area (Å²) in [6.07, 6.45) is 1.95. The molecule has 1 atom stereocenters. The molecular formula is C22H23ClN2O5S. The van der Waals surface area contributed by atoms with E-state index < -0.39 is 16.1 Å². The summed E-state index contributed by atoms with van der Waals surface area (Å²) in [7, 11) is 0.797. The van der Waals surface area contributed by atoms with E-state index in [4.69, 9.17) is 25.8 Å². The van der Waals surface area contributed by atoms with Gasteiger partial charge in [-0.25, -0.2) is 8.42 Å². The summed E-state index contributed by atoms with van der Waals surface area (Å²) in [5.41, 5.74) is 1.57. The normalized spacial score (nSPS) is 16.6. The van der Waals surface area contributed by atoms with E-state index in [9.17, 15) is 8.42 Å². The van der Waals surface area contributed by atoms with Crippen molar-refractivity contribution in [3.63, 3.8) is 0 Å². The molecule has 4 rings (SSSR count). The molecule has 0 aliphatic carbocycles. The van der Waals surface area contributed by atoms with Crippen LogP contribution in [0.3, 0.4) is 0 Å². The van der Waals surface area contributed by atoms with E-state index in [0.29, 0.717) is 40.9 Å². The van der Waals surface area contributed by atoms with Crippen molar-refractivity contribution in [2.24, 2.45) is 0 Å². The highest BCUT2D eigenvalue weighted by molar-refractivity contribution is 7.89. The molecule has 0 saturated carbocycles. The first kappa shape index (κ1) is 21.5. The number of ether oxygens (including phenoxy) is 3. The van der Waals surface area contributed by atoms with Crippen LogP contribution in [-0.2, 0) is 16.6 Å². The molecule has 0 spiro atoms. The Morgan fingerprint density at radius 3 is 2.16 bits per heavy atom. The van der Waals surface area contributed by atoms with Gasteiger partial charge in [-0.15, -0.1) is 0 Å². The summed E-state index contributed by atoms with van der Waals surface area (Å²) >= 11 is 5.97. The molecule has 3 aromatic rings. The molecule has 0 bridgehead atoms. The van der Waals surface area contributed by atoms with Crippen molar-refractivity contribution in [3.05, 3.63) is 71.0 Å². The quantitative estimate of drug-likeness (QED) is 0.554. The van der Waals surface area contributed by atoms with E-state index in [2.05, 4.69) is 4.57 Å². The van der Waals surface area contributed by atoms with E-state index in [1.165, 1.54) is 37.8 Å². The number of hydrogen-bond acceptors (Lipinski definition) is 5. The molecule has 31 heavy (non-hydrogen) atoms. The maximum atomic E-state index is 13.6. The first-order chi connectivity index (χ1) is 14.9. The Labute approximate surface area is 186 Å². The number of halogens is 1. The van der Waals surface area contributed by atoms with Gasteiger partial charge in [0.1, 0.15) is 0 Å². The number of sulfonamides is 1. The summed E-state index contributed by atoms with van der Waals surface area (Å²) in [5.74, 6) is 1.38. The average molecular weight is 463 g/mol. The lowest BCUT2D eigenvalue weighted by Gasteiger charge is -2.36. The van der Waals surface area contributed by atoms with Crippen LogP contribution in [0.2, 0.25) is 5.02 Å². The van der Waals surface area contributed by atoms with Crippen molar-refractivity contribution in [3.8, 4) is 17.2 Å². The molecule has 2 heterocycles. The summed E-state index contributed by atoms with van der Waals surface area (Å²) in [6, 6.07) is 13.1. The van der Waals surface area contributed by atoms with Crippen LogP contribution in [0.25, 0.3) is 0 Å². The average Bonchev–Trinajstić information content (AvgIpc) is 3.26. The molecule has 0 saturated heterocycles.